The minimum Gasteiger partial charge on any atom is -0.388 e. The number of aromatic nitrogens is 2. The summed E-state index contributed by atoms with van der Waals surface area (Å²) >= 11 is 5.92. The molecule has 1 unspecified atom stereocenters. The van der Waals surface area contributed by atoms with Crippen molar-refractivity contribution in [3.63, 3.8) is 0 Å². The number of hydrogen-bond donors (Lipinski definition) is 1. The number of likely N-dealkylation sites (tertiary alicyclic amines) is 1. The summed E-state index contributed by atoms with van der Waals surface area (Å²) in [4.78, 5) is 14.9. The molecule has 1 fully saturated rings. The Hall–Kier alpha value is -2.77. The summed E-state index contributed by atoms with van der Waals surface area (Å²) in [7, 11) is 1.65. The number of aryl methyl sites for hydroxylation is 1. The molecule has 1 N–H and O–H groups in total. The molecule has 5 nitrogen and oxygen atoms in total. The highest BCUT2D eigenvalue weighted by atomic mass is 35.5. The van der Waals surface area contributed by atoms with E-state index in [9.17, 15) is 18.7 Å². The Bertz CT molecular complexity index is 1090. The van der Waals surface area contributed by atoms with Crippen molar-refractivity contribution >= 4 is 17.5 Å². The van der Waals surface area contributed by atoms with Gasteiger partial charge < -0.3 is 10.0 Å². The van der Waals surface area contributed by atoms with Gasteiger partial charge in [-0.1, -0.05) is 23.7 Å². The van der Waals surface area contributed by atoms with E-state index in [1.807, 2.05) is 12.1 Å². The van der Waals surface area contributed by atoms with Crippen LogP contribution in [0.4, 0.5) is 8.78 Å². The van der Waals surface area contributed by atoms with Crippen LogP contribution in [0.25, 0.3) is 11.3 Å². The number of halogens is 3. The highest BCUT2D eigenvalue weighted by molar-refractivity contribution is 6.30. The molecule has 0 bridgehead atoms. The van der Waals surface area contributed by atoms with E-state index in [-0.39, 0.29) is 28.6 Å². The van der Waals surface area contributed by atoms with E-state index in [1.54, 1.807) is 30.3 Å². The van der Waals surface area contributed by atoms with Gasteiger partial charge in [0.1, 0.15) is 17.3 Å². The van der Waals surface area contributed by atoms with Crippen molar-refractivity contribution in [1.82, 2.24) is 14.7 Å². The van der Waals surface area contributed by atoms with Crippen molar-refractivity contribution in [2.45, 2.75) is 18.9 Å². The lowest BCUT2D eigenvalue weighted by atomic mass is 9.87. The molecule has 162 valence electrons. The number of benzene rings is 2. The summed E-state index contributed by atoms with van der Waals surface area (Å²) in [5.41, 5.74) is 1.34. The maximum absolute atomic E-state index is 14.3. The van der Waals surface area contributed by atoms with Crippen LogP contribution >= 0.6 is 11.6 Å². The third-order valence-corrected chi connectivity index (χ3v) is 5.98. The van der Waals surface area contributed by atoms with E-state index >= 15 is 0 Å². The Morgan fingerprint density at radius 1 is 1.16 bits per heavy atom. The molecule has 3 aromatic rings. The zero-order chi connectivity index (χ0) is 22.1. The molecule has 1 aromatic heterocycles. The van der Waals surface area contributed by atoms with Gasteiger partial charge in [0.15, 0.2) is 0 Å². The third-order valence-electron chi connectivity index (χ3n) is 5.73. The van der Waals surface area contributed by atoms with Crippen LogP contribution in [0.15, 0.2) is 48.7 Å². The van der Waals surface area contributed by atoms with E-state index in [4.69, 9.17) is 11.6 Å². The molecule has 2 aromatic carbocycles. The number of aliphatic hydroxyl groups excluding tert-OH is 1. The maximum atomic E-state index is 14.3. The highest BCUT2D eigenvalue weighted by Crippen LogP contribution is 2.33. The zero-order valence-electron chi connectivity index (χ0n) is 16.9. The van der Waals surface area contributed by atoms with Crippen molar-refractivity contribution in [1.29, 1.82) is 0 Å². The molecule has 1 atom stereocenters. The number of rotatable bonds is 4. The third kappa shape index (κ3) is 4.48. The Morgan fingerprint density at radius 2 is 1.84 bits per heavy atom. The van der Waals surface area contributed by atoms with Gasteiger partial charge in [-0.2, -0.15) is 5.10 Å². The van der Waals surface area contributed by atoms with Gasteiger partial charge in [0.05, 0.1) is 11.7 Å². The van der Waals surface area contributed by atoms with Crippen LogP contribution in [0.5, 0.6) is 0 Å². The summed E-state index contributed by atoms with van der Waals surface area (Å²) in [5, 5.41) is 15.5. The van der Waals surface area contributed by atoms with Crippen LogP contribution < -0.4 is 0 Å². The minimum atomic E-state index is -0.766. The molecule has 0 radical (unpaired) electrons. The van der Waals surface area contributed by atoms with E-state index in [2.05, 4.69) is 5.10 Å². The molecular formula is C23H22ClF2N3O2. The number of piperidine rings is 1. The lowest BCUT2D eigenvalue weighted by Gasteiger charge is -2.34. The molecule has 1 aliphatic heterocycles. The van der Waals surface area contributed by atoms with Gasteiger partial charge in [0.2, 0.25) is 0 Å². The zero-order valence-corrected chi connectivity index (χ0v) is 17.7. The van der Waals surface area contributed by atoms with E-state index in [0.29, 0.717) is 31.0 Å². The molecule has 0 saturated carbocycles. The van der Waals surface area contributed by atoms with Gasteiger partial charge in [-0.15, -0.1) is 0 Å². The predicted octanol–water partition coefficient (Wildman–Crippen LogP) is 4.60. The average Bonchev–Trinajstić information content (AvgIpc) is 3.14. The lowest BCUT2D eigenvalue weighted by molar-refractivity contribution is 0.0463. The largest absolute Gasteiger partial charge is 0.388 e. The highest BCUT2D eigenvalue weighted by Gasteiger charge is 2.31. The van der Waals surface area contributed by atoms with Gasteiger partial charge in [0.25, 0.3) is 5.91 Å². The summed E-state index contributed by atoms with van der Waals surface area (Å²) in [5.74, 6) is -1.69. The number of hydrogen-bond acceptors (Lipinski definition) is 3. The Balaban J connectivity index is 1.49. The van der Waals surface area contributed by atoms with Crippen molar-refractivity contribution < 1.29 is 18.7 Å². The molecule has 1 saturated heterocycles. The number of carbonyl (C=O) groups is 1. The van der Waals surface area contributed by atoms with Gasteiger partial charge in [-0.05, 0) is 48.6 Å². The normalized spacial score (nSPS) is 15.8. The van der Waals surface area contributed by atoms with E-state index in [1.165, 1.54) is 10.7 Å². The standard InChI is InChI=1S/C23H22ClF2N3O2/c1-28-13-19(21(27-28)18-7-6-17(25)12-20(18)26)23(31)29-10-8-15(9-11-29)22(30)14-2-4-16(24)5-3-14/h2-7,12-13,15,22,30H,8-11H2,1H3. The first-order valence-corrected chi connectivity index (χ1v) is 10.4. The van der Waals surface area contributed by atoms with Crippen LogP contribution in [0, 0.1) is 17.6 Å². The molecule has 0 aliphatic carbocycles. The average molecular weight is 446 g/mol. The van der Waals surface area contributed by atoms with Crippen molar-refractivity contribution in [3.8, 4) is 11.3 Å². The molecule has 0 spiro atoms. The topological polar surface area (TPSA) is 58.4 Å². The van der Waals surface area contributed by atoms with Crippen LogP contribution in [0.2, 0.25) is 5.02 Å². The number of amides is 1. The van der Waals surface area contributed by atoms with E-state index < -0.39 is 17.7 Å². The summed E-state index contributed by atoms with van der Waals surface area (Å²) in [6, 6.07) is 10.3. The van der Waals surface area contributed by atoms with Crippen molar-refractivity contribution in [2.24, 2.45) is 13.0 Å². The fraction of sp³-hybridized carbons (Fsp3) is 0.304. The van der Waals surface area contributed by atoms with Gasteiger partial charge in [0, 0.05) is 43.0 Å². The molecule has 31 heavy (non-hydrogen) atoms. The van der Waals surface area contributed by atoms with Gasteiger partial charge >= 0.3 is 0 Å². The molecule has 4 rings (SSSR count). The first-order chi connectivity index (χ1) is 14.8. The molecule has 2 heterocycles. The smallest absolute Gasteiger partial charge is 0.257 e. The molecule has 1 amide bonds. The Labute approximate surface area is 183 Å². The lowest BCUT2D eigenvalue weighted by Crippen LogP contribution is -2.39. The monoisotopic (exact) mass is 445 g/mol. The van der Waals surface area contributed by atoms with Crippen LogP contribution in [0.3, 0.4) is 0 Å². The van der Waals surface area contributed by atoms with E-state index in [0.717, 1.165) is 17.7 Å². The molecule has 1 aliphatic rings. The molecular weight excluding hydrogens is 424 g/mol. The first-order valence-electron chi connectivity index (χ1n) is 10.1. The predicted molar refractivity (Wildman–Crippen MR) is 114 cm³/mol. The Kier molecular flexibility index (Phi) is 6.07. The van der Waals surface area contributed by atoms with Crippen molar-refractivity contribution in [2.75, 3.05) is 13.1 Å². The summed E-state index contributed by atoms with van der Waals surface area (Å²) < 4.78 is 29.0. The summed E-state index contributed by atoms with van der Waals surface area (Å²) in [6.07, 6.45) is 2.19. The van der Waals surface area contributed by atoms with Crippen LogP contribution in [-0.4, -0.2) is 38.8 Å². The molecule has 8 heteroatoms. The minimum absolute atomic E-state index is 0.0214. The number of nitrogens with zero attached hydrogens (tertiary/aromatic N) is 3. The quantitative estimate of drug-likeness (QED) is 0.638. The number of aliphatic hydroxyl groups is 1. The van der Waals surface area contributed by atoms with Gasteiger partial charge in [-0.3, -0.25) is 9.48 Å². The fourth-order valence-electron chi connectivity index (χ4n) is 4.05. The fourth-order valence-corrected chi connectivity index (χ4v) is 4.17. The maximum Gasteiger partial charge on any atom is 0.257 e. The van der Waals surface area contributed by atoms with Crippen LogP contribution in [0.1, 0.15) is 34.9 Å². The van der Waals surface area contributed by atoms with Crippen LogP contribution in [-0.2, 0) is 7.05 Å². The van der Waals surface area contributed by atoms with Gasteiger partial charge in [-0.25, -0.2) is 8.78 Å². The second kappa shape index (κ2) is 8.77. The Morgan fingerprint density at radius 3 is 2.48 bits per heavy atom. The summed E-state index contributed by atoms with van der Waals surface area (Å²) in [6.45, 7) is 0.933. The van der Waals surface area contributed by atoms with Crippen molar-refractivity contribution in [3.05, 3.63) is 76.4 Å². The second-order valence-electron chi connectivity index (χ2n) is 7.82. The first kappa shape index (κ1) is 21.5. The SMILES string of the molecule is Cn1cc(C(=O)N2CCC(C(O)c3ccc(Cl)cc3)CC2)c(-c2ccc(F)cc2F)n1. The number of carbonyl (C=O) groups excluding carboxylic acids is 1. The second-order valence-corrected chi connectivity index (χ2v) is 8.25.